The van der Waals surface area contributed by atoms with E-state index in [1.807, 2.05) is 13.8 Å². The normalized spacial score (nSPS) is 12.3. The third kappa shape index (κ3) is 3.47. The maximum absolute atomic E-state index is 12.5. The van der Waals surface area contributed by atoms with Crippen LogP contribution < -0.4 is 10.6 Å². The minimum absolute atomic E-state index is 0.0438. The molecule has 0 bridgehead atoms. The van der Waals surface area contributed by atoms with E-state index in [9.17, 15) is 4.79 Å². The summed E-state index contributed by atoms with van der Waals surface area (Å²) in [4.78, 5) is 12.5. The van der Waals surface area contributed by atoms with Gasteiger partial charge in [0.15, 0.2) is 0 Å². The van der Waals surface area contributed by atoms with Gasteiger partial charge in [-0.05, 0) is 42.4 Å². The van der Waals surface area contributed by atoms with Crippen LogP contribution in [0.2, 0.25) is 0 Å². The van der Waals surface area contributed by atoms with Crippen molar-refractivity contribution in [3.8, 4) is 0 Å². The van der Waals surface area contributed by atoms with Crippen molar-refractivity contribution in [3.63, 3.8) is 0 Å². The summed E-state index contributed by atoms with van der Waals surface area (Å²) in [7, 11) is 1.80. The van der Waals surface area contributed by atoms with Gasteiger partial charge in [-0.15, -0.1) is 0 Å². The summed E-state index contributed by atoms with van der Waals surface area (Å²) in [5.74, 6) is 0.424. The molecule has 118 valence electrons. The molecule has 1 amide bonds. The van der Waals surface area contributed by atoms with Crippen LogP contribution in [0.25, 0.3) is 0 Å². The molecule has 1 heterocycles. The number of benzene rings is 1. The summed E-state index contributed by atoms with van der Waals surface area (Å²) in [6.45, 7) is 8.20. The molecule has 2 rings (SSSR count). The number of amides is 1. The van der Waals surface area contributed by atoms with E-state index in [0.717, 1.165) is 16.3 Å². The number of aryl methyl sites for hydroxylation is 1. The van der Waals surface area contributed by atoms with Crippen LogP contribution in [0.4, 0.5) is 5.00 Å². The number of aromatic nitrogens is 1. The summed E-state index contributed by atoms with van der Waals surface area (Å²) >= 11 is 1.31. The molecule has 1 atom stereocenters. The Hall–Kier alpha value is -1.88. The first kappa shape index (κ1) is 16.5. The van der Waals surface area contributed by atoms with Gasteiger partial charge in [-0.1, -0.05) is 38.1 Å². The molecule has 4 nitrogen and oxygen atoms in total. The first-order valence-electron chi connectivity index (χ1n) is 7.48. The van der Waals surface area contributed by atoms with Crippen molar-refractivity contribution in [2.75, 3.05) is 12.4 Å². The van der Waals surface area contributed by atoms with Crippen molar-refractivity contribution in [1.82, 2.24) is 9.69 Å². The van der Waals surface area contributed by atoms with Crippen LogP contribution >= 0.6 is 11.5 Å². The molecule has 2 N–H and O–H groups in total. The molecular formula is C17H23N3OS. The van der Waals surface area contributed by atoms with Crippen molar-refractivity contribution in [3.05, 3.63) is 46.6 Å². The monoisotopic (exact) mass is 317 g/mol. The summed E-state index contributed by atoms with van der Waals surface area (Å²) in [6, 6.07) is 8.37. The fourth-order valence-electron chi connectivity index (χ4n) is 2.33. The average Bonchev–Trinajstić information content (AvgIpc) is 2.88. The number of hydrogen-bond acceptors (Lipinski definition) is 4. The predicted octanol–water partition coefficient (Wildman–Crippen LogP) is 4.11. The quantitative estimate of drug-likeness (QED) is 0.872. The van der Waals surface area contributed by atoms with Crippen molar-refractivity contribution in [2.45, 2.75) is 39.7 Å². The van der Waals surface area contributed by atoms with Gasteiger partial charge in [0.1, 0.15) is 5.00 Å². The Bertz CT molecular complexity index is 646. The Morgan fingerprint density at radius 3 is 2.27 bits per heavy atom. The highest BCUT2D eigenvalue weighted by atomic mass is 32.1. The van der Waals surface area contributed by atoms with Gasteiger partial charge in [-0.3, -0.25) is 4.79 Å². The lowest BCUT2D eigenvalue weighted by atomic mass is 9.99. The van der Waals surface area contributed by atoms with E-state index < -0.39 is 0 Å². The molecule has 0 radical (unpaired) electrons. The summed E-state index contributed by atoms with van der Waals surface area (Å²) in [6.07, 6.45) is 0. The van der Waals surface area contributed by atoms with Gasteiger partial charge in [0, 0.05) is 7.05 Å². The Labute approximate surface area is 136 Å². The van der Waals surface area contributed by atoms with Crippen molar-refractivity contribution >= 4 is 22.4 Å². The molecular weight excluding hydrogens is 294 g/mol. The molecule has 0 unspecified atom stereocenters. The zero-order valence-electron chi connectivity index (χ0n) is 13.7. The zero-order valence-corrected chi connectivity index (χ0v) is 14.5. The Morgan fingerprint density at radius 1 is 1.14 bits per heavy atom. The first-order valence-corrected chi connectivity index (χ1v) is 8.26. The zero-order chi connectivity index (χ0) is 16.3. The lowest BCUT2D eigenvalue weighted by Crippen LogP contribution is -2.27. The number of nitrogens with one attached hydrogen (secondary N) is 2. The van der Waals surface area contributed by atoms with E-state index in [2.05, 4.69) is 53.1 Å². The molecule has 0 aliphatic rings. The fraction of sp³-hybridized carbons (Fsp3) is 0.412. The van der Waals surface area contributed by atoms with Crippen LogP contribution in [0, 0.1) is 6.92 Å². The van der Waals surface area contributed by atoms with Crippen LogP contribution in [0.15, 0.2) is 24.3 Å². The van der Waals surface area contributed by atoms with E-state index in [-0.39, 0.29) is 11.9 Å². The van der Waals surface area contributed by atoms with Gasteiger partial charge < -0.3 is 10.6 Å². The molecule has 5 heteroatoms. The number of carbonyl (C=O) groups excluding carboxylic acids is 1. The number of anilines is 1. The summed E-state index contributed by atoms with van der Waals surface area (Å²) < 4.78 is 4.24. The van der Waals surface area contributed by atoms with Gasteiger partial charge in [-0.2, -0.15) is 4.37 Å². The Kier molecular flexibility index (Phi) is 5.19. The predicted molar refractivity (Wildman–Crippen MR) is 92.8 cm³/mol. The fourth-order valence-corrected chi connectivity index (χ4v) is 3.07. The first-order chi connectivity index (χ1) is 10.4. The van der Waals surface area contributed by atoms with Gasteiger partial charge >= 0.3 is 0 Å². The third-order valence-corrected chi connectivity index (χ3v) is 4.72. The highest BCUT2D eigenvalue weighted by molar-refractivity contribution is 7.10. The molecule has 0 aliphatic heterocycles. The highest BCUT2D eigenvalue weighted by Gasteiger charge is 2.19. The molecule has 22 heavy (non-hydrogen) atoms. The van der Waals surface area contributed by atoms with E-state index in [0.29, 0.717) is 11.5 Å². The van der Waals surface area contributed by atoms with Crippen LogP contribution in [0.3, 0.4) is 0 Å². The van der Waals surface area contributed by atoms with Crippen LogP contribution in [0.1, 0.15) is 59.9 Å². The molecule has 1 aromatic carbocycles. The molecule has 0 spiro atoms. The Balaban J connectivity index is 2.12. The van der Waals surface area contributed by atoms with Crippen LogP contribution in [-0.2, 0) is 0 Å². The SMILES string of the molecule is CNc1snc(C)c1C(=O)N[C@@H](C)c1ccc(C(C)C)cc1. The van der Waals surface area contributed by atoms with Crippen LogP contribution in [-0.4, -0.2) is 17.3 Å². The second kappa shape index (κ2) is 6.92. The van der Waals surface area contributed by atoms with Crippen molar-refractivity contribution < 1.29 is 4.79 Å². The van der Waals surface area contributed by atoms with Crippen LogP contribution in [0.5, 0.6) is 0 Å². The minimum atomic E-state index is -0.0870. The van der Waals surface area contributed by atoms with Crippen molar-refractivity contribution in [2.24, 2.45) is 0 Å². The smallest absolute Gasteiger partial charge is 0.256 e. The number of rotatable bonds is 5. The van der Waals surface area contributed by atoms with Gasteiger partial charge in [0.2, 0.25) is 0 Å². The van der Waals surface area contributed by atoms with E-state index in [1.165, 1.54) is 17.1 Å². The van der Waals surface area contributed by atoms with E-state index >= 15 is 0 Å². The minimum Gasteiger partial charge on any atom is -0.378 e. The lowest BCUT2D eigenvalue weighted by molar-refractivity contribution is 0.0940. The van der Waals surface area contributed by atoms with E-state index in [4.69, 9.17) is 0 Å². The second-order valence-electron chi connectivity index (χ2n) is 5.74. The number of hydrogen-bond donors (Lipinski definition) is 2. The van der Waals surface area contributed by atoms with Crippen molar-refractivity contribution in [1.29, 1.82) is 0 Å². The molecule has 1 aromatic heterocycles. The van der Waals surface area contributed by atoms with Gasteiger partial charge in [0.25, 0.3) is 5.91 Å². The molecule has 2 aromatic rings. The number of carbonyl (C=O) groups is 1. The van der Waals surface area contributed by atoms with Gasteiger partial charge in [-0.25, -0.2) is 0 Å². The van der Waals surface area contributed by atoms with Gasteiger partial charge in [0.05, 0.1) is 17.3 Å². The van der Waals surface area contributed by atoms with E-state index in [1.54, 1.807) is 7.05 Å². The average molecular weight is 317 g/mol. The molecule has 0 aliphatic carbocycles. The topological polar surface area (TPSA) is 54.0 Å². The maximum Gasteiger partial charge on any atom is 0.256 e. The molecule has 0 saturated heterocycles. The number of nitrogens with zero attached hydrogens (tertiary/aromatic N) is 1. The highest BCUT2D eigenvalue weighted by Crippen LogP contribution is 2.25. The maximum atomic E-state index is 12.5. The standard InChI is InChI=1S/C17H23N3OS/c1-10(2)13-6-8-14(9-7-13)11(3)19-16(21)15-12(4)20-22-17(15)18-5/h6-11,18H,1-5H3,(H,19,21)/t11-/m0/s1. The second-order valence-corrected chi connectivity index (χ2v) is 6.51. The lowest BCUT2D eigenvalue weighted by Gasteiger charge is -2.16. The molecule has 0 saturated carbocycles. The largest absolute Gasteiger partial charge is 0.378 e. The molecule has 0 fully saturated rings. The third-order valence-electron chi connectivity index (χ3n) is 3.77. The Morgan fingerprint density at radius 2 is 1.73 bits per heavy atom. The summed E-state index contributed by atoms with van der Waals surface area (Å²) in [5, 5.41) is 6.88. The summed E-state index contributed by atoms with van der Waals surface area (Å²) in [5.41, 5.74) is 3.80.